The average Bonchev–Trinajstić information content (AvgIpc) is 2.44. The lowest BCUT2D eigenvalue weighted by molar-refractivity contribution is -0.125. The second-order valence-corrected chi connectivity index (χ2v) is 5.48. The Morgan fingerprint density at radius 1 is 1.39 bits per heavy atom. The molecule has 0 aromatic rings. The predicted octanol–water partition coefficient (Wildman–Crippen LogP) is 1.65. The number of nitrogens with one attached hydrogen (secondary N) is 1. The molecular weight excluding hydrogens is 228 g/mol. The first-order valence-corrected chi connectivity index (χ1v) is 7.14. The van der Waals surface area contributed by atoms with Crippen LogP contribution in [0.3, 0.4) is 0 Å². The fourth-order valence-corrected chi connectivity index (χ4v) is 2.20. The van der Waals surface area contributed by atoms with Gasteiger partial charge in [0.2, 0.25) is 5.91 Å². The van der Waals surface area contributed by atoms with Gasteiger partial charge in [-0.05, 0) is 19.8 Å². The van der Waals surface area contributed by atoms with E-state index in [9.17, 15) is 4.79 Å². The quantitative estimate of drug-likeness (QED) is 0.785. The SMILES string of the molecule is CC[C@@H](C)C(=O)NC[C@@](C)(CC)N1CCOCC1. The molecule has 2 atom stereocenters. The van der Waals surface area contributed by atoms with Crippen molar-refractivity contribution in [3.63, 3.8) is 0 Å². The van der Waals surface area contributed by atoms with Gasteiger partial charge in [0.05, 0.1) is 13.2 Å². The van der Waals surface area contributed by atoms with E-state index in [1.165, 1.54) is 0 Å². The molecule has 1 rings (SSSR count). The van der Waals surface area contributed by atoms with Gasteiger partial charge in [0, 0.05) is 31.1 Å². The van der Waals surface area contributed by atoms with Crippen LogP contribution in [-0.4, -0.2) is 49.2 Å². The maximum absolute atomic E-state index is 11.9. The minimum atomic E-state index is 0.0485. The van der Waals surface area contributed by atoms with Crippen molar-refractivity contribution in [3.05, 3.63) is 0 Å². The topological polar surface area (TPSA) is 41.6 Å². The lowest BCUT2D eigenvalue weighted by atomic mass is 9.95. The van der Waals surface area contributed by atoms with Gasteiger partial charge in [0.1, 0.15) is 0 Å². The van der Waals surface area contributed by atoms with E-state index in [4.69, 9.17) is 4.74 Å². The molecule has 0 unspecified atom stereocenters. The molecule has 4 nitrogen and oxygen atoms in total. The molecule has 1 N–H and O–H groups in total. The third-order valence-corrected chi connectivity index (χ3v) is 4.24. The summed E-state index contributed by atoms with van der Waals surface area (Å²) in [5, 5.41) is 3.10. The average molecular weight is 256 g/mol. The van der Waals surface area contributed by atoms with Gasteiger partial charge >= 0.3 is 0 Å². The van der Waals surface area contributed by atoms with Gasteiger partial charge in [-0.2, -0.15) is 0 Å². The third kappa shape index (κ3) is 3.95. The highest BCUT2D eigenvalue weighted by Crippen LogP contribution is 2.20. The van der Waals surface area contributed by atoms with Gasteiger partial charge in [-0.15, -0.1) is 0 Å². The number of carbonyl (C=O) groups excluding carboxylic acids is 1. The van der Waals surface area contributed by atoms with E-state index < -0.39 is 0 Å². The Bertz CT molecular complexity index is 265. The minimum Gasteiger partial charge on any atom is -0.379 e. The molecule has 4 heteroatoms. The Hall–Kier alpha value is -0.610. The van der Waals surface area contributed by atoms with Crippen molar-refractivity contribution in [2.24, 2.45) is 5.92 Å². The zero-order valence-electron chi connectivity index (χ0n) is 12.3. The summed E-state index contributed by atoms with van der Waals surface area (Å²) in [5.41, 5.74) is 0.0485. The van der Waals surface area contributed by atoms with Crippen molar-refractivity contribution in [3.8, 4) is 0 Å². The molecule has 106 valence electrons. The zero-order chi connectivity index (χ0) is 13.6. The molecule has 0 bridgehead atoms. The highest BCUT2D eigenvalue weighted by molar-refractivity contribution is 5.78. The summed E-state index contributed by atoms with van der Waals surface area (Å²) in [6.45, 7) is 12.7. The summed E-state index contributed by atoms with van der Waals surface area (Å²) in [5.74, 6) is 0.279. The number of ether oxygens (including phenoxy) is 1. The van der Waals surface area contributed by atoms with E-state index >= 15 is 0 Å². The number of morpholine rings is 1. The summed E-state index contributed by atoms with van der Waals surface area (Å²) in [6, 6.07) is 0. The molecule has 0 spiro atoms. The van der Waals surface area contributed by atoms with Crippen molar-refractivity contribution in [1.82, 2.24) is 10.2 Å². The highest BCUT2D eigenvalue weighted by Gasteiger charge is 2.31. The Balaban J connectivity index is 2.51. The third-order valence-electron chi connectivity index (χ3n) is 4.24. The maximum Gasteiger partial charge on any atom is 0.222 e. The lowest BCUT2D eigenvalue weighted by Gasteiger charge is -2.43. The van der Waals surface area contributed by atoms with Crippen LogP contribution in [0.4, 0.5) is 0 Å². The number of amides is 1. The molecule has 0 aromatic carbocycles. The molecule has 1 amide bonds. The van der Waals surface area contributed by atoms with Crippen LogP contribution in [0, 0.1) is 5.92 Å². The number of carbonyl (C=O) groups is 1. The van der Waals surface area contributed by atoms with Crippen LogP contribution in [0.15, 0.2) is 0 Å². The van der Waals surface area contributed by atoms with Crippen molar-refractivity contribution >= 4 is 5.91 Å². The van der Waals surface area contributed by atoms with Crippen LogP contribution in [0.1, 0.15) is 40.5 Å². The number of nitrogens with zero attached hydrogens (tertiary/aromatic N) is 1. The molecule has 0 aliphatic carbocycles. The first kappa shape index (κ1) is 15.4. The van der Waals surface area contributed by atoms with Gasteiger partial charge in [-0.3, -0.25) is 9.69 Å². The van der Waals surface area contributed by atoms with Gasteiger partial charge in [-0.25, -0.2) is 0 Å². The first-order valence-electron chi connectivity index (χ1n) is 7.14. The summed E-state index contributed by atoms with van der Waals surface area (Å²) in [4.78, 5) is 14.3. The molecule has 1 aliphatic heterocycles. The molecule has 0 saturated carbocycles. The molecule has 1 heterocycles. The fraction of sp³-hybridized carbons (Fsp3) is 0.929. The minimum absolute atomic E-state index is 0.0485. The van der Waals surface area contributed by atoms with Gasteiger partial charge in [-0.1, -0.05) is 20.8 Å². The van der Waals surface area contributed by atoms with E-state index in [2.05, 4.69) is 24.1 Å². The van der Waals surface area contributed by atoms with Gasteiger partial charge in [0.15, 0.2) is 0 Å². The number of rotatable bonds is 6. The Morgan fingerprint density at radius 3 is 2.50 bits per heavy atom. The summed E-state index contributed by atoms with van der Waals surface area (Å²) in [7, 11) is 0. The number of hydrogen-bond acceptors (Lipinski definition) is 3. The molecule has 1 aliphatic rings. The zero-order valence-corrected chi connectivity index (χ0v) is 12.3. The summed E-state index contributed by atoms with van der Waals surface area (Å²) in [6.07, 6.45) is 1.93. The fourth-order valence-electron chi connectivity index (χ4n) is 2.20. The first-order chi connectivity index (χ1) is 8.53. The van der Waals surface area contributed by atoms with Crippen molar-refractivity contribution in [1.29, 1.82) is 0 Å². The summed E-state index contributed by atoms with van der Waals surface area (Å²) >= 11 is 0. The van der Waals surface area contributed by atoms with Crippen LogP contribution in [0.5, 0.6) is 0 Å². The Morgan fingerprint density at radius 2 is 2.00 bits per heavy atom. The molecule has 1 fully saturated rings. The molecule has 0 radical (unpaired) electrons. The van der Waals surface area contributed by atoms with E-state index in [0.29, 0.717) is 0 Å². The maximum atomic E-state index is 11.9. The summed E-state index contributed by atoms with van der Waals surface area (Å²) < 4.78 is 5.39. The van der Waals surface area contributed by atoms with Crippen LogP contribution >= 0.6 is 0 Å². The smallest absolute Gasteiger partial charge is 0.222 e. The Kier molecular flexibility index (Phi) is 6.09. The van der Waals surface area contributed by atoms with Crippen LogP contribution in [0.25, 0.3) is 0 Å². The second-order valence-electron chi connectivity index (χ2n) is 5.48. The second kappa shape index (κ2) is 7.10. The van der Waals surface area contributed by atoms with Gasteiger partial charge < -0.3 is 10.1 Å². The molecule has 0 aromatic heterocycles. The largest absolute Gasteiger partial charge is 0.379 e. The molecular formula is C14H28N2O2. The van der Waals surface area contributed by atoms with E-state index in [-0.39, 0.29) is 17.4 Å². The monoisotopic (exact) mass is 256 g/mol. The van der Waals surface area contributed by atoms with Crippen molar-refractivity contribution in [2.45, 2.75) is 46.1 Å². The van der Waals surface area contributed by atoms with E-state index in [0.717, 1.165) is 45.7 Å². The van der Waals surface area contributed by atoms with Gasteiger partial charge in [0.25, 0.3) is 0 Å². The van der Waals surface area contributed by atoms with Crippen LogP contribution in [-0.2, 0) is 9.53 Å². The Labute approximate surface area is 111 Å². The van der Waals surface area contributed by atoms with Crippen molar-refractivity contribution < 1.29 is 9.53 Å². The van der Waals surface area contributed by atoms with Crippen molar-refractivity contribution in [2.75, 3.05) is 32.8 Å². The number of hydrogen-bond donors (Lipinski definition) is 1. The van der Waals surface area contributed by atoms with E-state index in [1.54, 1.807) is 0 Å². The highest BCUT2D eigenvalue weighted by atomic mass is 16.5. The van der Waals surface area contributed by atoms with E-state index in [1.807, 2.05) is 13.8 Å². The lowest BCUT2D eigenvalue weighted by Crippen LogP contribution is -2.57. The standard InChI is InChI=1S/C14H28N2O2/c1-5-12(3)13(17)15-11-14(4,6-2)16-7-9-18-10-8-16/h12H,5-11H2,1-4H3,(H,15,17)/t12-,14-/m1/s1. The van der Waals surface area contributed by atoms with Crippen LogP contribution in [0.2, 0.25) is 0 Å². The molecule has 18 heavy (non-hydrogen) atoms. The molecule has 1 saturated heterocycles. The predicted molar refractivity (Wildman–Crippen MR) is 73.6 cm³/mol. The van der Waals surface area contributed by atoms with Crippen LogP contribution < -0.4 is 5.32 Å². The normalized spacial score (nSPS) is 22.2.